The van der Waals surface area contributed by atoms with Gasteiger partial charge in [-0.25, -0.2) is 5.43 Å². The van der Waals surface area contributed by atoms with Crippen molar-refractivity contribution in [3.63, 3.8) is 0 Å². The number of hydrazone groups is 1. The van der Waals surface area contributed by atoms with Crippen LogP contribution in [0.1, 0.15) is 22.2 Å². The highest BCUT2D eigenvalue weighted by Gasteiger charge is 2.06. The van der Waals surface area contributed by atoms with Gasteiger partial charge in [0.1, 0.15) is 5.75 Å². The number of halogens is 1. The number of benzene rings is 1. The molecule has 0 aliphatic rings. The van der Waals surface area contributed by atoms with Crippen molar-refractivity contribution in [2.45, 2.75) is 6.92 Å². The van der Waals surface area contributed by atoms with Crippen LogP contribution < -0.4 is 10.2 Å². The van der Waals surface area contributed by atoms with Gasteiger partial charge >= 0.3 is 0 Å². The monoisotopic (exact) mass is 308 g/mol. The molecule has 0 saturated carbocycles. The number of ether oxygens (including phenoxy) is 1. The van der Waals surface area contributed by atoms with Gasteiger partial charge in [0.2, 0.25) is 0 Å². The van der Waals surface area contributed by atoms with Crippen molar-refractivity contribution in [1.82, 2.24) is 5.43 Å². The quantitative estimate of drug-likeness (QED) is 0.693. The fourth-order valence-corrected chi connectivity index (χ4v) is 2.49. The molecule has 4 nitrogen and oxygen atoms in total. The summed E-state index contributed by atoms with van der Waals surface area (Å²) in [4.78, 5) is 12.8. The highest BCUT2D eigenvalue weighted by atomic mass is 35.5. The number of thiophene rings is 1. The van der Waals surface area contributed by atoms with Crippen LogP contribution in [-0.2, 0) is 0 Å². The fraction of sp³-hybridized carbons (Fsp3) is 0.143. The van der Waals surface area contributed by atoms with Gasteiger partial charge in [-0.1, -0.05) is 11.6 Å². The van der Waals surface area contributed by atoms with Crippen LogP contribution in [0.2, 0.25) is 4.34 Å². The molecular weight excluding hydrogens is 296 g/mol. The number of nitrogens with one attached hydrogen (secondary N) is 1. The Morgan fingerprint density at radius 3 is 2.50 bits per heavy atom. The van der Waals surface area contributed by atoms with Gasteiger partial charge in [-0.3, -0.25) is 4.79 Å². The first-order valence-corrected chi connectivity index (χ1v) is 7.04. The molecule has 1 N–H and O–H groups in total. The molecule has 0 aliphatic carbocycles. The van der Waals surface area contributed by atoms with E-state index in [0.717, 1.165) is 4.88 Å². The molecule has 1 aromatic carbocycles. The van der Waals surface area contributed by atoms with Gasteiger partial charge in [-0.2, -0.15) is 5.10 Å². The van der Waals surface area contributed by atoms with Crippen molar-refractivity contribution < 1.29 is 9.53 Å². The Balaban J connectivity index is 2.03. The summed E-state index contributed by atoms with van der Waals surface area (Å²) in [5, 5.41) is 4.06. The van der Waals surface area contributed by atoms with E-state index in [0.29, 0.717) is 21.4 Å². The van der Waals surface area contributed by atoms with Crippen LogP contribution in [-0.4, -0.2) is 18.7 Å². The molecule has 0 saturated heterocycles. The van der Waals surface area contributed by atoms with E-state index in [2.05, 4.69) is 10.5 Å². The van der Waals surface area contributed by atoms with Crippen molar-refractivity contribution in [3.05, 3.63) is 51.2 Å². The van der Waals surface area contributed by atoms with E-state index in [-0.39, 0.29) is 5.91 Å². The average molecular weight is 309 g/mol. The summed E-state index contributed by atoms with van der Waals surface area (Å²) in [6, 6.07) is 10.5. The number of carbonyl (C=O) groups is 1. The third kappa shape index (κ3) is 3.59. The van der Waals surface area contributed by atoms with E-state index in [9.17, 15) is 4.79 Å². The summed E-state index contributed by atoms with van der Waals surface area (Å²) >= 11 is 7.27. The minimum absolute atomic E-state index is 0.269. The second-order valence-corrected chi connectivity index (χ2v) is 5.69. The van der Waals surface area contributed by atoms with Crippen LogP contribution in [0.4, 0.5) is 0 Å². The highest BCUT2D eigenvalue weighted by Crippen LogP contribution is 2.21. The molecule has 0 bridgehead atoms. The van der Waals surface area contributed by atoms with E-state index in [1.54, 1.807) is 37.4 Å². The number of hydrogen-bond donors (Lipinski definition) is 1. The van der Waals surface area contributed by atoms with E-state index >= 15 is 0 Å². The van der Waals surface area contributed by atoms with Crippen molar-refractivity contribution in [3.8, 4) is 5.75 Å². The lowest BCUT2D eigenvalue weighted by Gasteiger charge is -2.03. The lowest BCUT2D eigenvalue weighted by molar-refractivity contribution is 0.0955. The smallest absolute Gasteiger partial charge is 0.271 e. The number of carbonyl (C=O) groups excluding carboxylic acids is 1. The summed E-state index contributed by atoms with van der Waals surface area (Å²) in [6.07, 6.45) is 0. The zero-order chi connectivity index (χ0) is 14.5. The summed E-state index contributed by atoms with van der Waals surface area (Å²) < 4.78 is 5.73. The van der Waals surface area contributed by atoms with Gasteiger partial charge in [-0.05, 0) is 43.3 Å². The molecule has 0 unspecified atom stereocenters. The first kappa shape index (κ1) is 14.6. The molecule has 6 heteroatoms. The van der Waals surface area contributed by atoms with Crippen LogP contribution >= 0.6 is 22.9 Å². The topological polar surface area (TPSA) is 50.7 Å². The second-order valence-electron chi connectivity index (χ2n) is 3.97. The van der Waals surface area contributed by atoms with E-state index in [4.69, 9.17) is 16.3 Å². The standard InChI is InChI=1S/C14H13ClN2O2S/c1-9(12-7-8-13(15)20-12)16-17-14(18)10-3-5-11(19-2)6-4-10/h3-8H,1-2H3,(H,17,18). The van der Waals surface area contributed by atoms with Crippen molar-refractivity contribution in [1.29, 1.82) is 0 Å². The first-order chi connectivity index (χ1) is 9.60. The summed E-state index contributed by atoms with van der Waals surface area (Å²) in [6.45, 7) is 1.82. The molecule has 104 valence electrons. The largest absolute Gasteiger partial charge is 0.497 e. The summed E-state index contributed by atoms with van der Waals surface area (Å²) in [5.41, 5.74) is 3.75. The molecule has 1 heterocycles. The van der Waals surface area contributed by atoms with Crippen LogP contribution in [0.25, 0.3) is 0 Å². The van der Waals surface area contributed by atoms with Crippen LogP contribution in [0, 0.1) is 0 Å². The summed E-state index contributed by atoms with van der Waals surface area (Å²) in [5.74, 6) is 0.434. The molecule has 0 spiro atoms. The average Bonchev–Trinajstić information content (AvgIpc) is 2.91. The maximum Gasteiger partial charge on any atom is 0.271 e. The minimum Gasteiger partial charge on any atom is -0.497 e. The second kappa shape index (κ2) is 6.54. The fourth-order valence-electron chi connectivity index (χ4n) is 1.51. The lowest BCUT2D eigenvalue weighted by atomic mass is 10.2. The third-order valence-corrected chi connectivity index (χ3v) is 3.95. The van der Waals surface area contributed by atoms with Gasteiger partial charge in [0.05, 0.1) is 22.0 Å². The predicted octanol–water partition coefficient (Wildman–Crippen LogP) is 3.56. The van der Waals surface area contributed by atoms with Gasteiger partial charge < -0.3 is 4.74 Å². The van der Waals surface area contributed by atoms with E-state index in [1.165, 1.54) is 11.3 Å². The Morgan fingerprint density at radius 2 is 1.95 bits per heavy atom. The number of methoxy groups -OCH3 is 1. The van der Waals surface area contributed by atoms with Gasteiger partial charge in [0.25, 0.3) is 5.91 Å². The number of hydrogen-bond acceptors (Lipinski definition) is 4. The first-order valence-electron chi connectivity index (χ1n) is 5.84. The Kier molecular flexibility index (Phi) is 4.76. The lowest BCUT2D eigenvalue weighted by Crippen LogP contribution is -2.19. The van der Waals surface area contributed by atoms with Gasteiger partial charge in [0.15, 0.2) is 0 Å². The Morgan fingerprint density at radius 1 is 1.25 bits per heavy atom. The van der Waals surface area contributed by atoms with Crippen LogP contribution in [0.5, 0.6) is 5.75 Å². The maximum absolute atomic E-state index is 11.9. The number of amides is 1. The van der Waals surface area contributed by atoms with E-state index in [1.807, 2.05) is 13.0 Å². The molecular formula is C14H13ClN2O2S. The Labute approximate surface area is 126 Å². The van der Waals surface area contributed by atoms with Gasteiger partial charge in [0, 0.05) is 5.56 Å². The summed E-state index contributed by atoms with van der Waals surface area (Å²) in [7, 11) is 1.58. The molecule has 1 amide bonds. The molecule has 2 rings (SSSR count). The normalized spacial score (nSPS) is 11.2. The highest BCUT2D eigenvalue weighted by molar-refractivity contribution is 7.18. The molecule has 1 aromatic heterocycles. The van der Waals surface area contributed by atoms with Crippen molar-refractivity contribution >= 4 is 34.6 Å². The van der Waals surface area contributed by atoms with Crippen LogP contribution in [0.3, 0.4) is 0 Å². The zero-order valence-electron chi connectivity index (χ0n) is 11.0. The number of rotatable bonds is 4. The third-order valence-electron chi connectivity index (χ3n) is 2.61. The predicted molar refractivity (Wildman–Crippen MR) is 82.0 cm³/mol. The molecule has 0 radical (unpaired) electrons. The maximum atomic E-state index is 11.9. The molecule has 0 aliphatic heterocycles. The SMILES string of the molecule is COc1ccc(C(=O)NN=C(C)c2ccc(Cl)s2)cc1. The Bertz CT molecular complexity index is 635. The van der Waals surface area contributed by atoms with Crippen molar-refractivity contribution in [2.24, 2.45) is 5.10 Å². The minimum atomic E-state index is -0.269. The molecule has 0 atom stereocenters. The van der Waals surface area contributed by atoms with Gasteiger partial charge in [-0.15, -0.1) is 11.3 Å². The molecule has 20 heavy (non-hydrogen) atoms. The van der Waals surface area contributed by atoms with E-state index < -0.39 is 0 Å². The Hall–Kier alpha value is -1.85. The zero-order valence-corrected chi connectivity index (χ0v) is 12.6. The number of nitrogens with zero attached hydrogens (tertiary/aromatic N) is 1. The molecule has 2 aromatic rings. The van der Waals surface area contributed by atoms with Crippen LogP contribution in [0.15, 0.2) is 41.5 Å². The van der Waals surface area contributed by atoms with Crippen molar-refractivity contribution in [2.75, 3.05) is 7.11 Å². The molecule has 0 fully saturated rings.